The number of thiazole rings is 1. The molecule has 0 amide bonds. The van der Waals surface area contributed by atoms with Crippen LogP contribution in [0.2, 0.25) is 0 Å². The molecule has 0 radical (unpaired) electrons. The summed E-state index contributed by atoms with van der Waals surface area (Å²) in [4.78, 5) is 4.26. The van der Waals surface area contributed by atoms with E-state index in [9.17, 15) is 4.39 Å². The van der Waals surface area contributed by atoms with Crippen molar-refractivity contribution >= 4 is 11.3 Å². The Balaban J connectivity index is 2.35. The van der Waals surface area contributed by atoms with Crippen molar-refractivity contribution < 1.29 is 4.39 Å². The molecule has 5 heteroatoms. The van der Waals surface area contributed by atoms with E-state index in [0.29, 0.717) is 5.13 Å². The molecule has 0 aliphatic carbocycles. The lowest BCUT2D eigenvalue weighted by Crippen LogP contribution is -1.93. The van der Waals surface area contributed by atoms with Gasteiger partial charge in [-0.2, -0.15) is 5.10 Å². The molecule has 0 aliphatic rings. The second-order valence-corrected chi connectivity index (χ2v) is 3.41. The maximum absolute atomic E-state index is 12.6. The van der Waals surface area contributed by atoms with Crippen molar-refractivity contribution in [1.82, 2.24) is 14.8 Å². The lowest BCUT2D eigenvalue weighted by molar-refractivity contribution is 0.627. The second-order valence-electron chi connectivity index (χ2n) is 2.58. The van der Waals surface area contributed by atoms with E-state index in [1.165, 1.54) is 28.4 Å². The summed E-state index contributed by atoms with van der Waals surface area (Å²) in [7, 11) is 0. The molecule has 0 unspecified atom stereocenters. The van der Waals surface area contributed by atoms with Crippen LogP contribution in [0.5, 0.6) is 0 Å². The van der Waals surface area contributed by atoms with Crippen molar-refractivity contribution in [2.45, 2.75) is 13.3 Å². The van der Waals surface area contributed by atoms with Gasteiger partial charge in [0, 0.05) is 5.38 Å². The number of nitrogens with zero attached hydrogens (tertiary/aromatic N) is 3. The summed E-state index contributed by atoms with van der Waals surface area (Å²) in [6, 6.07) is 0. The molecule has 2 aromatic heterocycles. The zero-order valence-corrected chi connectivity index (χ0v) is 7.88. The predicted octanol–water partition coefficient (Wildman–Crippen LogP) is 2.03. The van der Waals surface area contributed by atoms with Gasteiger partial charge in [0.25, 0.3) is 0 Å². The normalized spacial score (nSPS) is 10.6. The summed E-state index contributed by atoms with van der Waals surface area (Å²) in [5.41, 5.74) is 1.01. The first-order chi connectivity index (χ1) is 6.29. The highest BCUT2D eigenvalue weighted by atomic mass is 32.1. The first-order valence-corrected chi connectivity index (χ1v) is 4.82. The minimum atomic E-state index is -0.340. The van der Waals surface area contributed by atoms with Crippen LogP contribution in [0.3, 0.4) is 0 Å². The third-order valence-corrected chi connectivity index (χ3v) is 2.53. The molecular formula is C8H8FN3S. The lowest BCUT2D eigenvalue weighted by Gasteiger charge is -1.91. The Bertz CT molecular complexity index is 407. The average Bonchev–Trinajstić information content (AvgIpc) is 2.71. The number of aromatic nitrogens is 3. The second kappa shape index (κ2) is 3.26. The molecule has 0 saturated heterocycles. The minimum Gasteiger partial charge on any atom is -0.223 e. The fourth-order valence-electron chi connectivity index (χ4n) is 0.969. The largest absolute Gasteiger partial charge is 0.223 e. The Morgan fingerprint density at radius 2 is 2.46 bits per heavy atom. The average molecular weight is 197 g/mol. The van der Waals surface area contributed by atoms with Crippen molar-refractivity contribution in [1.29, 1.82) is 0 Å². The SMILES string of the molecule is CCc1csc(-n2cc(F)cn2)n1. The molecule has 0 aromatic carbocycles. The van der Waals surface area contributed by atoms with Gasteiger partial charge in [0.05, 0.1) is 18.1 Å². The zero-order valence-electron chi connectivity index (χ0n) is 7.07. The van der Waals surface area contributed by atoms with E-state index >= 15 is 0 Å². The smallest absolute Gasteiger partial charge is 0.210 e. The summed E-state index contributed by atoms with van der Waals surface area (Å²) in [5.74, 6) is -0.340. The highest BCUT2D eigenvalue weighted by Gasteiger charge is 2.04. The molecule has 2 rings (SSSR count). The van der Waals surface area contributed by atoms with E-state index in [0.717, 1.165) is 12.1 Å². The Morgan fingerprint density at radius 1 is 1.62 bits per heavy atom. The molecule has 68 valence electrons. The molecule has 0 saturated carbocycles. The van der Waals surface area contributed by atoms with Gasteiger partial charge in [0.15, 0.2) is 5.82 Å². The standard InChI is InChI=1S/C8H8FN3S/c1-2-7-5-13-8(11-7)12-4-6(9)3-10-12/h3-5H,2H2,1H3. The molecule has 0 atom stereocenters. The molecule has 0 aliphatic heterocycles. The van der Waals surface area contributed by atoms with Gasteiger partial charge in [0.1, 0.15) is 0 Å². The summed E-state index contributed by atoms with van der Waals surface area (Å²) >= 11 is 1.46. The van der Waals surface area contributed by atoms with E-state index in [1.807, 2.05) is 12.3 Å². The maximum Gasteiger partial charge on any atom is 0.210 e. The van der Waals surface area contributed by atoms with Crippen LogP contribution in [0.4, 0.5) is 4.39 Å². The van der Waals surface area contributed by atoms with Crippen LogP contribution in [0.25, 0.3) is 5.13 Å². The van der Waals surface area contributed by atoms with Gasteiger partial charge in [-0.05, 0) is 6.42 Å². The van der Waals surface area contributed by atoms with Crippen molar-refractivity contribution in [2.75, 3.05) is 0 Å². The molecule has 0 bridgehead atoms. The van der Waals surface area contributed by atoms with Gasteiger partial charge in [-0.15, -0.1) is 11.3 Å². The van der Waals surface area contributed by atoms with E-state index in [1.54, 1.807) is 0 Å². The van der Waals surface area contributed by atoms with Crippen LogP contribution < -0.4 is 0 Å². The molecule has 2 aromatic rings. The van der Waals surface area contributed by atoms with Gasteiger partial charge in [0.2, 0.25) is 5.13 Å². The molecule has 0 fully saturated rings. The number of aryl methyl sites for hydroxylation is 1. The van der Waals surface area contributed by atoms with Gasteiger partial charge in [-0.1, -0.05) is 6.92 Å². The highest BCUT2D eigenvalue weighted by Crippen LogP contribution is 2.14. The Hall–Kier alpha value is -1.23. The van der Waals surface area contributed by atoms with E-state index in [4.69, 9.17) is 0 Å². The first-order valence-electron chi connectivity index (χ1n) is 3.94. The predicted molar refractivity (Wildman–Crippen MR) is 48.6 cm³/mol. The minimum absolute atomic E-state index is 0.340. The fourth-order valence-corrected chi connectivity index (χ4v) is 1.81. The summed E-state index contributed by atoms with van der Waals surface area (Å²) in [6.45, 7) is 2.03. The first kappa shape index (κ1) is 8.37. The third-order valence-electron chi connectivity index (χ3n) is 1.65. The van der Waals surface area contributed by atoms with Crippen LogP contribution >= 0.6 is 11.3 Å². The number of rotatable bonds is 2. The Labute approximate surface area is 78.9 Å². The zero-order chi connectivity index (χ0) is 9.26. The molecular weight excluding hydrogens is 189 g/mol. The molecule has 0 N–H and O–H groups in total. The number of halogens is 1. The monoisotopic (exact) mass is 197 g/mol. The topological polar surface area (TPSA) is 30.7 Å². The van der Waals surface area contributed by atoms with Crippen LogP contribution in [0.15, 0.2) is 17.8 Å². The molecule has 2 heterocycles. The quantitative estimate of drug-likeness (QED) is 0.737. The molecule has 3 nitrogen and oxygen atoms in total. The van der Waals surface area contributed by atoms with E-state index in [2.05, 4.69) is 10.1 Å². The van der Waals surface area contributed by atoms with E-state index < -0.39 is 0 Å². The van der Waals surface area contributed by atoms with Crippen LogP contribution in [-0.2, 0) is 6.42 Å². The van der Waals surface area contributed by atoms with Crippen LogP contribution in [-0.4, -0.2) is 14.8 Å². The van der Waals surface area contributed by atoms with Gasteiger partial charge < -0.3 is 0 Å². The fraction of sp³-hybridized carbons (Fsp3) is 0.250. The van der Waals surface area contributed by atoms with Crippen molar-refractivity contribution in [3.8, 4) is 5.13 Å². The van der Waals surface area contributed by atoms with Crippen molar-refractivity contribution in [2.24, 2.45) is 0 Å². The summed E-state index contributed by atoms with van der Waals surface area (Å²) < 4.78 is 14.0. The van der Waals surface area contributed by atoms with Crippen LogP contribution in [0, 0.1) is 5.82 Å². The Kier molecular flexibility index (Phi) is 2.10. The van der Waals surface area contributed by atoms with Crippen LogP contribution in [0.1, 0.15) is 12.6 Å². The van der Waals surface area contributed by atoms with Gasteiger partial charge >= 0.3 is 0 Å². The molecule has 0 spiro atoms. The maximum atomic E-state index is 12.6. The highest BCUT2D eigenvalue weighted by molar-refractivity contribution is 7.12. The van der Waals surface area contributed by atoms with Crippen molar-refractivity contribution in [3.05, 3.63) is 29.3 Å². The molecule has 13 heavy (non-hydrogen) atoms. The van der Waals surface area contributed by atoms with Gasteiger partial charge in [-0.25, -0.2) is 14.1 Å². The Morgan fingerprint density at radius 3 is 3.00 bits per heavy atom. The lowest BCUT2D eigenvalue weighted by atomic mass is 10.4. The van der Waals surface area contributed by atoms with E-state index in [-0.39, 0.29) is 5.82 Å². The summed E-state index contributed by atoms with van der Waals surface area (Å²) in [6.07, 6.45) is 3.38. The summed E-state index contributed by atoms with van der Waals surface area (Å²) in [5, 5.41) is 6.49. The van der Waals surface area contributed by atoms with Crippen molar-refractivity contribution in [3.63, 3.8) is 0 Å². The van der Waals surface area contributed by atoms with Gasteiger partial charge in [-0.3, -0.25) is 0 Å². The number of hydrogen-bond acceptors (Lipinski definition) is 3. The third kappa shape index (κ3) is 1.60. The number of hydrogen-bond donors (Lipinski definition) is 0.